The molecule has 0 unspecified atom stereocenters. The van der Waals surface area contributed by atoms with Crippen LogP contribution in [0.15, 0.2) is 34.0 Å². The first-order valence-electron chi connectivity index (χ1n) is 7.80. The number of nitrogens with one attached hydrogen (secondary N) is 3. The van der Waals surface area contributed by atoms with Crippen LogP contribution in [0.4, 0.5) is 11.1 Å². The Balaban J connectivity index is 1.52. The molecule has 0 saturated carbocycles. The van der Waals surface area contributed by atoms with E-state index in [1.165, 1.54) is 28.6 Å². The lowest BCUT2D eigenvalue weighted by atomic mass is 10.2. The summed E-state index contributed by atoms with van der Waals surface area (Å²) in [6.45, 7) is 0. The zero-order valence-electron chi connectivity index (χ0n) is 14.9. The molecule has 13 heteroatoms. The number of nitrogens with zero attached hydrogens (tertiary/aromatic N) is 5. The first kappa shape index (κ1) is 19.6. The van der Waals surface area contributed by atoms with Crippen molar-refractivity contribution in [3.63, 3.8) is 0 Å². The van der Waals surface area contributed by atoms with Gasteiger partial charge in [-0.05, 0) is 18.2 Å². The van der Waals surface area contributed by atoms with Crippen molar-refractivity contribution in [2.24, 2.45) is 5.10 Å². The maximum absolute atomic E-state index is 11.8. The number of anilines is 2. The van der Waals surface area contributed by atoms with Gasteiger partial charge in [0, 0.05) is 5.56 Å². The summed E-state index contributed by atoms with van der Waals surface area (Å²) in [6, 6.07) is 5.38. The molecular weight excluding hydrogens is 404 g/mol. The smallest absolute Gasteiger partial charge is 0.240 e. The topological polar surface area (TPSA) is 139 Å². The number of hydrogen-bond donors (Lipinski definition) is 3. The number of amides is 1. The highest BCUT2D eigenvalue weighted by molar-refractivity contribution is 7.99. The monoisotopic (exact) mass is 420 g/mol. The number of thioether (sulfide) groups is 1. The molecule has 0 fully saturated rings. The van der Waals surface area contributed by atoms with Gasteiger partial charge in [-0.1, -0.05) is 23.1 Å². The Hall–Kier alpha value is -3.19. The van der Waals surface area contributed by atoms with Gasteiger partial charge < -0.3 is 9.47 Å². The Morgan fingerprint density at radius 2 is 2.29 bits per heavy atom. The summed E-state index contributed by atoms with van der Waals surface area (Å²) in [4.78, 5) is 16.0. The first-order chi connectivity index (χ1) is 13.7. The van der Waals surface area contributed by atoms with Crippen LogP contribution in [-0.2, 0) is 4.79 Å². The standard InChI is InChI=1S/C15H16N8O3S2/c1-25-10-3-4-11(26-2)9(5-10)6-16-20-13-19-15(23-21-13)27-7-12(24)18-14-22-17-8-28-14/h3-6,8H,7H2,1-2H3,(H,18,22,24)(H2,19,20,21,23)/b16-6+. The van der Waals surface area contributed by atoms with E-state index in [0.717, 1.165) is 5.56 Å². The van der Waals surface area contributed by atoms with E-state index in [4.69, 9.17) is 9.47 Å². The van der Waals surface area contributed by atoms with Gasteiger partial charge in [0.1, 0.15) is 17.0 Å². The zero-order chi connectivity index (χ0) is 19.8. The number of aromatic nitrogens is 5. The maximum Gasteiger partial charge on any atom is 0.240 e. The Kier molecular flexibility index (Phi) is 6.75. The van der Waals surface area contributed by atoms with Crippen molar-refractivity contribution >= 4 is 46.3 Å². The van der Waals surface area contributed by atoms with Gasteiger partial charge in [0.05, 0.1) is 26.2 Å². The van der Waals surface area contributed by atoms with Crippen LogP contribution in [0.3, 0.4) is 0 Å². The third-order valence-corrected chi connectivity index (χ3v) is 4.67. The van der Waals surface area contributed by atoms with Crippen molar-refractivity contribution in [3.8, 4) is 11.5 Å². The molecule has 0 atom stereocenters. The Morgan fingerprint density at radius 1 is 1.39 bits per heavy atom. The number of aromatic amines is 1. The fourth-order valence-electron chi connectivity index (χ4n) is 1.98. The number of hydrazone groups is 1. The summed E-state index contributed by atoms with van der Waals surface area (Å²) in [5, 5.41) is 21.7. The van der Waals surface area contributed by atoms with E-state index in [-0.39, 0.29) is 11.7 Å². The number of carbonyl (C=O) groups excluding carboxylic acids is 1. The van der Waals surface area contributed by atoms with Crippen molar-refractivity contribution in [2.75, 3.05) is 30.7 Å². The van der Waals surface area contributed by atoms with Gasteiger partial charge in [0.2, 0.25) is 22.1 Å². The molecule has 0 aliphatic heterocycles. The van der Waals surface area contributed by atoms with E-state index < -0.39 is 0 Å². The molecule has 3 N–H and O–H groups in total. The van der Waals surface area contributed by atoms with Crippen molar-refractivity contribution in [3.05, 3.63) is 29.3 Å². The minimum absolute atomic E-state index is 0.140. The molecule has 1 amide bonds. The number of H-pyrrole nitrogens is 1. The number of hydrogen-bond acceptors (Lipinski definition) is 11. The van der Waals surface area contributed by atoms with Crippen LogP contribution in [0.25, 0.3) is 0 Å². The molecule has 28 heavy (non-hydrogen) atoms. The third kappa shape index (κ3) is 5.40. The molecule has 3 aromatic rings. The zero-order valence-corrected chi connectivity index (χ0v) is 16.5. The van der Waals surface area contributed by atoms with Gasteiger partial charge in [-0.25, -0.2) is 10.5 Å². The molecule has 0 saturated heterocycles. The number of benzene rings is 1. The number of ether oxygens (including phenoxy) is 2. The SMILES string of the molecule is COc1ccc(OC)c(/C=N/Nc2nc(SCC(=O)Nc3nncs3)n[nH]2)c1. The quantitative estimate of drug-likeness (QED) is 0.269. The van der Waals surface area contributed by atoms with Crippen LogP contribution < -0.4 is 20.2 Å². The number of rotatable bonds is 9. The van der Waals surface area contributed by atoms with Crippen LogP contribution >= 0.6 is 23.1 Å². The van der Waals surface area contributed by atoms with E-state index >= 15 is 0 Å². The van der Waals surface area contributed by atoms with Crippen LogP contribution in [0, 0.1) is 0 Å². The summed E-state index contributed by atoms with van der Waals surface area (Å²) < 4.78 is 10.5. The highest BCUT2D eigenvalue weighted by Crippen LogP contribution is 2.22. The molecule has 3 rings (SSSR count). The van der Waals surface area contributed by atoms with Crippen molar-refractivity contribution in [1.29, 1.82) is 0 Å². The van der Waals surface area contributed by atoms with E-state index in [1.807, 2.05) is 0 Å². The molecule has 1 aromatic carbocycles. The fraction of sp³-hybridized carbons (Fsp3) is 0.200. The summed E-state index contributed by atoms with van der Waals surface area (Å²) in [5.41, 5.74) is 5.01. The van der Waals surface area contributed by atoms with E-state index in [9.17, 15) is 4.79 Å². The van der Waals surface area contributed by atoms with Gasteiger partial charge in [-0.2, -0.15) is 10.1 Å². The van der Waals surface area contributed by atoms with Crippen LogP contribution in [0.1, 0.15) is 5.56 Å². The fourth-order valence-corrected chi connectivity index (χ4v) is 3.04. The summed E-state index contributed by atoms with van der Waals surface area (Å²) in [7, 11) is 3.16. The Bertz CT molecular complexity index is 945. The molecule has 0 aliphatic rings. The Labute approximate surface area is 168 Å². The lowest BCUT2D eigenvalue weighted by molar-refractivity contribution is -0.113. The van der Waals surface area contributed by atoms with E-state index in [2.05, 4.69) is 41.2 Å². The normalized spacial score (nSPS) is 10.8. The predicted molar refractivity (Wildman–Crippen MR) is 106 cm³/mol. The van der Waals surface area contributed by atoms with Crippen LogP contribution in [0.2, 0.25) is 0 Å². The van der Waals surface area contributed by atoms with Crippen LogP contribution in [-0.4, -0.2) is 57.5 Å². The molecule has 11 nitrogen and oxygen atoms in total. The second-order valence-electron chi connectivity index (χ2n) is 5.03. The second kappa shape index (κ2) is 9.66. The van der Waals surface area contributed by atoms with E-state index in [0.29, 0.717) is 27.7 Å². The average Bonchev–Trinajstić information content (AvgIpc) is 3.38. The summed E-state index contributed by atoms with van der Waals surface area (Å²) in [5.74, 6) is 1.60. The van der Waals surface area contributed by atoms with Gasteiger partial charge in [0.15, 0.2) is 0 Å². The van der Waals surface area contributed by atoms with Crippen LogP contribution in [0.5, 0.6) is 11.5 Å². The minimum Gasteiger partial charge on any atom is -0.497 e. The molecule has 2 heterocycles. The number of methoxy groups -OCH3 is 2. The Morgan fingerprint density at radius 3 is 3.04 bits per heavy atom. The van der Waals surface area contributed by atoms with Crippen molar-refractivity contribution < 1.29 is 14.3 Å². The molecule has 146 valence electrons. The van der Waals surface area contributed by atoms with Crippen molar-refractivity contribution in [2.45, 2.75) is 5.16 Å². The highest BCUT2D eigenvalue weighted by atomic mass is 32.2. The maximum atomic E-state index is 11.8. The predicted octanol–water partition coefficient (Wildman–Crippen LogP) is 1.85. The second-order valence-corrected chi connectivity index (χ2v) is 6.80. The lowest BCUT2D eigenvalue weighted by Crippen LogP contribution is -2.13. The highest BCUT2D eigenvalue weighted by Gasteiger charge is 2.09. The van der Waals surface area contributed by atoms with Gasteiger partial charge >= 0.3 is 0 Å². The minimum atomic E-state index is -0.218. The average molecular weight is 420 g/mol. The van der Waals surface area contributed by atoms with Gasteiger partial charge in [0.25, 0.3) is 0 Å². The lowest BCUT2D eigenvalue weighted by Gasteiger charge is -2.06. The molecular formula is C15H16N8O3S2. The molecule has 0 radical (unpaired) electrons. The largest absolute Gasteiger partial charge is 0.497 e. The molecule has 0 aliphatic carbocycles. The molecule has 0 bridgehead atoms. The molecule has 0 spiro atoms. The van der Waals surface area contributed by atoms with Crippen molar-refractivity contribution in [1.82, 2.24) is 25.4 Å². The van der Waals surface area contributed by atoms with Gasteiger partial charge in [-0.3, -0.25) is 10.1 Å². The third-order valence-electron chi connectivity index (χ3n) is 3.21. The molecule has 2 aromatic heterocycles. The number of carbonyl (C=O) groups is 1. The first-order valence-corrected chi connectivity index (χ1v) is 9.67. The van der Waals surface area contributed by atoms with E-state index in [1.54, 1.807) is 38.6 Å². The summed E-state index contributed by atoms with van der Waals surface area (Å²) in [6.07, 6.45) is 1.58. The van der Waals surface area contributed by atoms with Gasteiger partial charge in [-0.15, -0.1) is 15.3 Å². The summed E-state index contributed by atoms with van der Waals surface area (Å²) >= 11 is 2.42.